The Bertz CT molecular complexity index is 881. The molecule has 2 aromatic rings. The SMILES string of the molecule is CCCS(=O)(=O)Nc1cccc(C(=O)N(C)CCOc2ccccc2C)c1. The first-order valence-electron chi connectivity index (χ1n) is 8.87. The van der Waals surface area contributed by atoms with E-state index in [1.54, 1.807) is 43.1 Å². The second-order valence-electron chi connectivity index (χ2n) is 6.34. The van der Waals surface area contributed by atoms with Crippen molar-refractivity contribution in [1.82, 2.24) is 4.90 Å². The normalized spacial score (nSPS) is 11.1. The third-order valence-corrected chi connectivity index (χ3v) is 5.47. The van der Waals surface area contributed by atoms with Crippen LogP contribution in [0.25, 0.3) is 0 Å². The summed E-state index contributed by atoms with van der Waals surface area (Å²) in [7, 11) is -1.70. The van der Waals surface area contributed by atoms with E-state index in [-0.39, 0.29) is 11.7 Å². The van der Waals surface area contributed by atoms with Crippen molar-refractivity contribution in [3.05, 3.63) is 59.7 Å². The molecule has 0 radical (unpaired) electrons. The number of rotatable bonds is 9. The first kappa shape index (κ1) is 20.8. The lowest BCUT2D eigenvalue weighted by molar-refractivity contribution is 0.0773. The first-order chi connectivity index (χ1) is 12.8. The summed E-state index contributed by atoms with van der Waals surface area (Å²) >= 11 is 0. The molecule has 0 saturated carbocycles. The molecule has 0 aliphatic carbocycles. The van der Waals surface area contributed by atoms with E-state index in [1.165, 1.54) is 0 Å². The van der Waals surface area contributed by atoms with Crippen molar-refractivity contribution < 1.29 is 17.9 Å². The van der Waals surface area contributed by atoms with Gasteiger partial charge in [-0.1, -0.05) is 31.2 Å². The number of hydrogen-bond acceptors (Lipinski definition) is 4. The van der Waals surface area contributed by atoms with Gasteiger partial charge in [0.2, 0.25) is 10.0 Å². The smallest absolute Gasteiger partial charge is 0.253 e. The first-order valence-corrected chi connectivity index (χ1v) is 10.5. The van der Waals surface area contributed by atoms with Crippen LogP contribution in [0.5, 0.6) is 5.75 Å². The van der Waals surface area contributed by atoms with Gasteiger partial charge < -0.3 is 9.64 Å². The third kappa shape index (κ3) is 6.29. The number of anilines is 1. The minimum atomic E-state index is -3.39. The molecule has 0 fully saturated rings. The van der Waals surface area contributed by atoms with Gasteiger partial charge in [-0.05, 0) is 43.2 Å². The van der Waals surface area contributed by atoms with Crippen LogP contribution in [0.15, 0.2) is 48.5 Å². The predicted octanol–water partition coefficient (Wildman–Crippen LogP) is 3.30. The summed E-state index contributed by atoms with van der Waals surface area (Å²) in [6.07, 6.45) is 0.525. The van der Waals surface area contributed by atoms with Crippen LogP contribution in [0.1, 0.15) is 29.3 Å². The molecule has 0 spiro atoms. The lowest BCUT2D eigenvalue weighted by Crippen LogP contribution is -2.31. The largest absolute Gasteiger partial charge is 0.491 e. The zero-order valence-electron chi connectivity index (χ0n) is 15.9. The number of ether oxygens (including phenoxy) is 1. The van der Waals surface area contributed by atoms with Gasteiger partial charge >= 0.3 is 0 Å². The van der Waals surface area contributed by atoms with Crippen LogP contribution in [-0.4, -0.2) is 45.2 Å². The number of hydrogen-bond donors (Lipinski definition) is 1. The van der Waals surface area contributed by atoms with Crippen LogP contribution in [0.3, 0.4) is 0 Å². The van der Waals surface area contributed by atoms with Gasteiger partial charge in [0.1, 0.15) is 12.4 Å². The molecule has 1 amide bonds. The highest BCUT2D eigenvalue weighted by atomic mass is 32.2. The van der Waals surface area contributed by atoms with Gasteiger partial charge in [-0.2, -0.15) is 0 Å². The number of nitrogens with one attached hydrogen (secondary N) is 1. The zero-order chi connectivity index (χ0) is 19.9. The van der Waals surface area contributed by atoms with Crippen molar-refractivity contribution in [2.45, 2.75) is 20.3 Å². The van der Waals surface area contributed by atoms with Crippen molar-refractivity contribution in [3.63, 3.8) is 0 Å². The summed E-state index contributed by atoms with van der Waals surface area (Å²) in [6.45, 7) is 4.55. The predicted molar refractivity (Wildman–Crippen MR) is 108 cm³/mol. The molecule has 2 rings (SSSR count). The van der Waals surface area contributed by atoms with Crippen LogP contribution >= 0.6 is 0 Å². The van der Waals surface area contributed by atoms with Gasteiger partial charge in [0.05, 0.1) is 12.3 Å². The Kier molecular flexibility index (Phi) is 7.24. The maximum atomic E-state index is 12.6. The summed E-state index contributed by atoms with van der Waals surface area (Å²) in [5, 5.41) is 0. The van der Waals surface area contributed by atoms with E-state index in [9.17, 15) is 13.2 Å². The van der Waals surface area contributed by atoms with Crippen molar-refractivity contribution in [2.75, 3.05) is 30.7 Å². The van der Waals surface area contributed by atoms with Gasteiger partial charge in [-0.25, -0.2) is 8.42 Å². The molecule has 27 heavy (non-hydrogen) atoms. The molecule has 0 aliphatic rings. The molecular formula is C20H26N2O4S. The molecule has 0 unspecified atom stereocenters. The fourth-order valence-corrected chi connectivity index (χ4v) is 3.67. The molecule has 146 valence electrons. The highest BCUT2D eigenvalue weighted by molar-refractivity contribution is 7.92. The van der Waals surface area contributed by atoms with E-state index in [0.29, 0.717) is 30.8 Å². The topological polar surface area (TPSA) is 75.7 Å². The molecule has 0 aliphatic heterocycles. The minimum Gasteiger partial charge on any atom is -0.491 e. The van der Waals surface area contributed by atoms with Crippen LogP contribution in [-0.2, 0) is 10.0 Å². The van der Waals surface area contributed by atoms with Gasteiger partial charge in [0.15, 0.2) is 0 Å². The summed E-state index contributed by atoms with van der Waals surface area (Å²) in [5.74, 6) is 0.645. The van der Waals surface area contributed by atoms with Crippen molar-refractivity contribution in [2.24, 2.45) is 0 Å². The summed E-state index contributed by atoms with van der Waals surface area (Å²) in [4.78, 5) is 14.1. The van der Waals surface area contributed by atoms with Crippen LogP contribution < -0.4 is 9.46 Å². The number of amides is 1. The average molecular weight is 391 g/mol. The third-order valence-electron chi connectivity index (χ3n) is 3.98. The standard InChI is InChI=1S/C20H26N2O4S/c1-4-14-27(24,25)21-18-10-7-9-17(15-18)20(23)22(3)12-13-26-19-11-6-5-8-16(19)2/h5-11,15,21H,4,12-14H2,1-3H3. The molecule has 0 bridgehead atoms. The van der Waals surface area contributed by atoms with E-state index < -0.39 is 10.0 Å². The lowest BCUT2D eigenvalue weighted by atomic mass is 10.2. The molecule has 6 nitrogen and oxygen atoms in total. The molecule has 1 N–H and O–H groups in total. The van der Waals surface area contributed by atoms with E-state index in [2.05, 4.69) is 4.72 Å². The van der Waals surface area contributed by atoms with E-state index in [4.69, 9.17) is 4.74 Å². The number of carbonyl (C=O) groups is 1. The molecule has 0 heterocycles. The summed E-state index contributed by atoms with van der Waals surface area (Å²) in [5.41, 5.74) is 1.85. The Morgan fingerprint density at radius 3 is 2.59 bits per heavy atom. The minimum absolute atomic E-state index is 0.0430. The number of nitrogens with zero attached hydrogens (tertiary/aromatic N) is 1. The van der Waals surface area contributed by atoms with E-state index in [1.807, 2.05) is 31.2 Å². The molecule has 0 saturated heterocycles. The van der Waals surface area contributed by atoms with Crippen LogP contribution in [0.2, 0.25) is 0 Å². The number of para-hydroxylation sites is 1. The van der Waals surface area contributed by atoms with E-state index >= 15 is 0 Å². The van der Waals surface area contributed by atoms with Gasteiger partial charge in [0.25, 0.3) is 5.91 Å². The highest BCUT2D eigenvalue weighted by Gasteiger charge is 2.14. The maximum Gasteiger partial charge on any atom is 0.253 e. The van der Waals surface area contributed by atoms with Crippen LogP contribution in [0.4, 0.5) is 5.69 Å². The number of benzene rings is 2. The van der Waals surface area contributed by atoms with E-state index in [0.717, 1.165) is 11.3 Å². The number of sulfonamides is 1. The molecular weight excluding hydrogens is 364 g/mol. The van der Waals surface area contributed by atoms with Crippen LogP contribution in [0, 0.1) is 6.92 Å². The number of likely N-dealkylation sites (N-methyl/N-ethyl adjacent to an activating group) is 1. The zero-order valence-corrected chi connectivity index (χ0v) is 16.8. The summed E-state index contributed by atoms with van der Waals surface area (Å²) in [6, 6.07) is 14.2. The molecule has 2 aromatic carbocycles. The van der Waals surface area contributed by atoms with Crippen molar-refractivity contribution in [3.8, 4) is 5.75 Å². The lowest BCUT2D eigenvalue weighted by Gasteiger charge is -2.18. The fraction of sp³-hybridized carbons (Fsp3) is 0.350. The Morgan fingerprint density at radius 2 is 1.89 bits per heavy atom. The fourth-order valence-electron chi connectivity index (χ4n) is 2.55. The average Bonchev–Trinajstić information content (AvgIpc) is 2.62. The second-order valence-corrected chi connectivity index (χ2v) is 8.18. The number of aryl methyl sites for hydroxylation is 1. The molecule has 0 atom stereocenters. The summed E-state index contributed by atoms with van der Waals surface area (Å²) < 4.78 is 32.0. The van der Waals surface area contributed by atoms with Gasteiger partial charge in [-0.3, -0.25) is 9.52 Å². The Labute approximate surface area is 161 Å². The Balaban J connectivity index is 1.96. The number of carbonyl (C=O) groups excluding carboxylic acids is 1. The van der Waals surface area contributed by atoms with Gasteiger partial charge in [-0.15, -0.1) is 0 Å². The van der Waals surface area contributed by atoms with Crippen molar-refractivity contribution in [1.29, 1.82) is 0 Å². The quantitative estimate of drug-likeness (QED) is 0.713. The highest BCUT2D eigenvalue weighted by Crippen LogP contribution is 2.17. The monoisotopic (exact) mass is 390 g/mol. The van der Waals surface area contributed by atoms with Crippen molar-refractivity contribution >= 4 is 21.6 Å². The molecule has 0 aromatic heterocycles. The van der Waals surface area contributed by atoms with Gasteiger partial charge in [0, 0.05) is 18.3 Å². The second kappa shape index (κ2) is 9.41. The molecule has 7 heteroatoms. The Morgan fingerprint density at radius 1 is 1.15 bits per heavy atom. The maximum absolute atomic E-state index is 12.6. The Hall–Kier alpha value is -2.54.